The van der Waals surface area contributed by atoms with Crippen LogP contribution in [0.1, 0.15) is 73.1 Å². The molecule has 0 fully saturated rings. The minimum absolute atomic E-state index is 0.133. The number of hydrogen-bond acceptors (Lipinski definition) is 3. The Labute approximate surface area is 112 Å². The lowest BCUT2D eigenvalue weighted by Gasteiger charge is -2.37. The van der Waals surface area contributed by atoms with Gasteiger partial charge in [0.1, 0.15) is 6.10 Å². The van der Waals surface area contributed by atoms with Crippen molar-refractivity contribution in [1.82, 2.24) is 0 Å². The van der Waals surface area contributed by atoms with Crippen molar-refractivity contribution in [3.63, 3.8) is 0 Å². The summed E-state index contributed by atoms with van der Waals surface area (Å²) in [7, 11) is 0. The maximum Gasteiger partial charge on any atom is 0.306 e. The highest BCUT2D eigenvalue weighted by molar-refractivity contribution is 5.69. The predicted octanol–water partition coefficient (Wildman–Crippen LogP) is 3.69. The normalized spacial score (nSPS) is 15.2. The third kappa shape index (κ3) is 5.38. The zero-order valence-electron chi connectivity index (χ0n) is 12.7. The summed E-state index contributed by atoms with van der Waals surface area (Å²) in [5.74, 6) is -0.133. The van der Waals surface area contributed by atoms with Gasteiger partial charge < -0.3 is 9.84 Å². The highest BCUT2D eigenvalue weighted by Crippen LogP contribution is 2.31. The molecular formula is C15H30O3. The second-order valence-electron chi connectivity index (χ2n) is 5.59. The highest BCUT2D eigenvalue weighted by atomic mass is 16.5. The summed E-state index contributed by atoms with van der Waals surface area (Å²) in [6, 6.07) is 0. The number of esters is 1. The average molecular weight is 258 g/mol. The van der Waals surface area contributed by atoms with Gasteiger partial charge in [0.05, 0.1) is 6.10 Å². The molecule has 1 N–H and O–H groups in total. The topological polar surface area (TPSA) is 46.5 Å². The van der Waals surface area contributed by atoms with Crippen molar-refractivity contribution >= 4 is 5.97 Å². The summed E-state index contributed by atoms with van der Waals surface area (Å²) in [4.78, 5) is 11.7. The monoisotopic (exact) mass is 258 g/mol. The molecule has 2 atom stereocenters. The average Bonchev–Trinajstić information content (AvgIpc) is 2.34. The second kappa shape index (κ2) is 8.52. The van der Waals surface area contributed by atoms with Crippen molar-refractivity contribution in [2.45, 2.75) is 85.4 Å². The minimum atomic E-state index is -0.439. The molecule has 0 radical (unpaired) electrons. The van der Waals surface area contributed by atoms with E-state index in [0.29, 0.717) is 12.8 Å². The first-order valence-corrected chi connectivity index (χ1v) is 7.27. The summed E-state index contributed by atoms with van der Waals surface area (Å²) >= 11 is 0. The van der Waals surface area contributed by atoms with Gasteiger partial charge in [-0.1, -0.05) is 47.5 Å². The van der Waals surface area contributed by atoms with E-state index in [2.05, 4.69) is 6.92 Å². The van der Waals surface area contributed by atoms with Gasteiger partial charge in [-0.2, -0.15) is 0 Å². The molecule has 108 valence electrons. The first-order chi connectivity index (χ1) is 8.39. The molecule has 0 aromatic heterocycles. The van der Waals surface area contributed by atoms with Crippen LogP contribution in [-0.4, -0.2) is 23.3 Å². The molecule has 0 aromatic rings. The van der Waals surface area contributed by atoms with Gasteiger partial charge in [0.25, 0.3) is 0 Å². The fourth-order valence-corrected chi connectivity index (χ4v) is 2.24. The molecule has 0 aliphatic rings. The van der Waals surface area contributed by atoms with E-state index in [0.717, 1.165) is 25.7 Å². The number of rotatable bonds is 9. The molecule has 0 amide bonds. The van der Waals surface area contributed by atoms with E-state index in [1.165, 1.54) is 0 Å². The molecule has 0 heterocycles. The largest absolute Gasteiger partial charge is 0.462 e. The summed E-state index contributed by atoms with van der Waals surface area (Å²) in [6.07, 6.45) is 4.32. The molecule has 18 heavy (non-hydrogen) atoms. The molecule has 0 spiro atoms. The highest BCUT2D eigenvalue weighted by Gasteiger charge is 2.37. The number of carbonyl (C=O) groups excluding carboxylic acids is 1. The first kappa shape index (κ1) is 17.4. The summed E-state index contributed by atoms with van der Waals surface area (Å²) < 4.78 is 5.54. The maximum absolute atomic E-state index is 11.7. The van der Waals surface area contributed by atoms with E-state index in [9.17, 15) is 9.90 Å². The van der Waals surface area contributed by atoms with Crippen LogP contribution in [0.3, 0.4) is 0 Å². The van der Waals surface area contributed by atoms with Crippen molar-refractivity contribution in [3.05, 3.63) is 0 Å². The summed E-state index contributed by atoms with van der Waals surface area (Å²) in [5, 5.41) is 10.0. The molecule has 0 rings (SSSR count). The predicted molar refractivity (Wildman–Crippen MR) is 74.4 cm³/mol. The van der Waals surface area contributed by atoms with Crippen molar-refractivity contribution < 1.29 is 14.6 Å². The lowest BCUT2D eigenvalue weighted by Crippen LogP contribution is -2.42. The number of aliphatic hydroxyl groups is 1. The van der Waals surface area contributed by atoms with Crippen LogP contribution in [0.25, 0.3) is 0 Å². The van der Waals surface area contributed by atoms with Crippen LogP contribution in [0.5, 0.6) is 0 Å². The minimum Gasteiger partial charge on any atom is -0.462 e. The fourth-order valence-electron chi connectivity index (χ4n) is 2.24. The van der Waals surface area contributed by atoms with Gasteiger partial charge in [-0.3, -0.25) is 4.79 Å². The molecular weight excluding hydrogens is 228 g/mol. The zero-order chi connectivity index (χ0) is 14.2. The van der Waals surface area contributed by atoms with Crippen LogP contribution in [0, 0.1) is 5.41 Å². The van der Waals surface area contributed by atoms with E-state index < -0.39 is 6.10 Å². The Morgan fingerprint density at radius 1 is 1.17 bits per heavy atom. The molecule has 3 heteroatoms. The molecule has 0 bridgehead atoms. The van der Waals surface area contributed by atoms with Gasteiger partial charge in [-0.05, 0) is 19.3 Å². The Hall–Kier alpha value is -0.570. The molecule has 0 aliphatic heterocycles. The van der Waals surface area contributed by atoms with Crippen molar-refractivity contribution in [1.29, 1.82) is 0 Å². The van der Waals surface area contributed by atoms with Crippen LogP contribution >= 0.6 is 0 Å². The van der Waals surface area contributed by atoms with E-state index in [-0.39, 0.29) is 17.5 Å². The number of aliphatic hydroxyl groups excluding tert-OH is 1. The van der Waals surface area contributed by atoms with Crippen molar-refractivity contribution in [2.24, 2.45) is 5.41 Å². The molecule has 2 unspecified atom stereocenters. The van der Waals surface area contributed by atoms with Gasteiger partial charge in [0.2, 0.25) is 0 Å². The van der Waals surface area contributed by atoms with Crippen molar-refractivity contribution in [2.75, 3.05) is 0 Å². The van der Waals surface area contributed by atoms with E-state index in [1.807, 2.05) is 27.7 Å². The van der Waals surface area contributed by atoms with Gasteiger partial charge in [0, 0.05) is 11.8 Å². The van der Waals surface area contributed by atoms with Gasteiger partial charge in [-0.25, -0.2) is 0 Å². The first-order valence-electron chi connectivity index (χ1n) is 7.27. The van der Waals surface area contributed by atoms with E-state index in [4.69, 9.17) is 4.74 Å². The summed E-state index contributed by atoms with van der Waals surface area (Å²) in [5.41, 5.74) is -0.385. The molecule has 0 saturated carbocycles. The van der Waals surface area contributed by atoms with Crippen LogP contribution in [0.4, 0.5) is 0 Å². The second-order valence-corrected chi connectivity index (χ2v) is 5.59. The van der Waals surface area contributed by atoms with Crippen LogP contribution in [0.15, 0.2) is 0 Å². The van der Waals surface area contributed by atoms with Crippen LogP contribution in [-0.2, 0) is 9.53 Å². The Kier molecular flexibility index (Phi) is 8.25. The fraction of sp³-hybridized carbons (Fsp3) is 0.933. The Balaban J connectivity index is 4.37. The van der Waals surface area contributed by atoms with Gasteiger partial charge in [0.15, 0.2) is 0 Å². The quantitative estimate of drug-likeness (QED) is 0.507. The summed E-state index contributed by atoms with van der Waals surface area (Å²) in [6.45, 7) is 9.99. The SMILES string of the molecule is CCCCCC(=O)OC(CC)C(C)(C)C(O)CC. The number of hydrogen-bond donors (Lipinski definition) is 1. The van der Waals surface area contributed by atoms with Crippen LogP contribution in [0.2, 0.25) is 0 Å². The Morgan fingerprint density at radius 2 is 1.78 bits per heavy atom. The Morgan fingerprint density at radius 3 is 2.22 bits per heavy atom. The van der Waals surface area contributed by atoms with Gasteiger partial charge >= 0.3 is 5.97 Å². The molecule has 0 aliphatic carbocycles. The number of unbranched alkanes of at least 4 members (excludes halogenated alkanes) is 2. The third-order valence-corrected chi connectivity index (χ3v) is 3.70. The molecule has 3 nitrogen and oxygen atoms in total. The van der Waals surface area contributed by atoms with Crippen molar-refractivity contribution in [3.8, 4) is 0 Å². The zero-order valence-corrected chi connectivity index (χ0v) is 12.7. The number of carbonyl (C=O) groups is 1. The molecule has 0 aromatic carbocycles. The Bertz CT molecular complexity index is 236. The smallest absolute Gasteiger partial charge is 0.306 e. The third-order valence-electron chi connectivity index (χ3n) is 3.70. The van der Waals surface area contributed by atoms with E-state index in [1.54, 1.807) is 0 Å². The van der Waals surface area contributed by atoms with E-state index >= 15 is 0 Å². The standard InChI is InChI=1S/C15H30O3/c1-6-9-10-11-14(17)18-13(8-3)15(4,5)12(16)7-2/h12-13,16H,6-11H2,1-5H3. The number of ether oxygens (including phenoxy) is 1. The van der Waals surface area contributed by atoms with Crippen LogP contribution < -0.4 is 0 Å². The van der Waals surface area contributed by atoms with Gasteiger partial charge in [-0.15, -0.1) is 0 Å². The lowest BCUT2D eigenvalue weighted by atomic mass is 9.78. The molecule has 0 saturated heterocycles. The maximum atomic E-state index is 11.7. The lowest BCUT2D eigenvalue weighted by molar-refractivity contribution is -0.161.